The second kappa shape index (κ2) is 4.28. The molecule has 4 nitrogen and oxygen atoms in total. The van der Waals surface area contributed by atoms with Gasteiger partial charge in [-0.25, -0.2) is 4.79 Å². The second-order valence-electron chi connectivity index (χ2n) is 5.08. The Hall–Kier alpha value is -1.55. The van der Waals surface area contributed by atoms with Crippen LogP contribution in [0.2, 0.25) is 0 Å². The lowest BCUT2D eigenvalue weighted by Crippen LogP contribution is -2.36. The van der Waals surface area contributed by atoms with Crippen molar-refractivity contribution in [3.8, 4) is 0 Å². The van der Waals surface area contributed by atoms with Crippen LogP contribution in [0.25, 0.3) is 0 Å². The van der Waals surface area contributed by atoms with Gasteiger partial charge in [0.15, 0.2) is 0 Å². The van der Waals surface area contributed by atoms with Crippen LogP contribution in [-0.2, 0) is 11.2 Å². The molecule has 96 valence electrons. The number of amides is 1. The largest absolute Gasteiger partial charge is 0.439 e. The average molecular weight is 246 g/mol. The minimum atomic E-state index is -0.305. The maximum Gasteiger partial charge on any atom is 0.415 e. The number of hydrogen-bond acceptors (Lipinski definition) is 3. The summed E-state index contributed by atoms with van der Waals surface area (Å²) in [5.74, 6) is 0. The third-order valence-electron chi connectivity index (χ3n) is 3.83. The van der Waals surface area contributed by atoms with E-state index in [1.807, 2.05) is 12.1 Å². The van der Waals surface area contributed by atoms with Crippen molar-refractivity contribution in [3.05, 3.63) is 29.8 Å². The number of hydrogen-bond donors (Lipinski definition) is 1. The first-order valence-electron chi connectivity index (χ1n) is 6.53. The highest BCUT2D eigenvalue weighted by Gasteiger charge is 2.47. The van der Waals surface area contributed by atoms with Crippen molar-refractivity contribution in [3.63, 3.8) is 0 Å². The molecule has 1 unspecified atom stereocenters. The molecule has 0 aromatic heterocycles. The zero-order valence-electron chi connectivity index (χ0n) is 10.6. The standard InChI is InChI=1S/C14H18N2O2/c1-2-11-3-5-12(6-4-11)16-10-14(18-13(16)17)7-8-15-9-14/h3-6,15H,2,7-10H2,1H3. The van der Waals surface area contributed by atoms with Crippen molar-refractivity contribution in [2.45, 2.75) is 25.4 Å². The van der Waals surface area contributed by atoms with Gasteiger partial charge >= 0.3 is 6.09 Å². The van der Waals surface area contributed by atoms with Crippen LogP contribution in [0.1, 0.15) is 18.9 Å². The van der Waals surface area contributed by atoms with Crippen molar-refractivity contribution in [2.75, 3.05) is 24.5 Å². The van der Waals surface area contributed by atoms with Crippen LogP contribution >= 0.6 is 0 Å². The number of benzene rings is 1. The Morgan fingerprint density at radius 3 is 2.78 bits per heavy atom. The molecule has 1 aromatic carbocycles. The third-order valence-corrected chi connectivity index (χ3v) is 3.83. The first kappa shape index (κ1) is 11.5. The second-order valence-corrected chi connectivity index (χ2v) is 5.08. The Labute approximate surface area is 107 Å². The summed E-state index contributed by atoms with van der Waals surface area (Å²) in [7, 11) is 0. The first-order valence-corrected chi connectivity index (χ1v) is 6.53. The van der Waals surface area contributed by atoms with Gasteiger partial charge in [0, 0.05) is 18.7 Å². The Balaban J connectivity index is 1.81. The summed E-state index contributed by atoms with van der Waals surface area (Å²) < 4.78 is 5.56. The van der Waals surface area contributed by atoms with Gasteiger partial charge in [-0.3, -0.25) is 4.90 Å². The van der Waals surface area contributed by atoms with Crippen LogP contribution in [0.4, 0.5) is 10.5 Å². The van der Waals surface area contributed by atoms with Crippen LogP contribution in [0.5, 0.6) is 0 Å². The topological polar surface area (TPSA) is 41.6 Å². The number of nitrogens with zero attached hydrogens (tertiary/aromatic N) is 1. The molecule has 1 spiro atoms. The lowest BCUT2D eigenvalue weighted by molar-refractivity contribution is 0.0733. The molecule has 2 fully saturated rings. The summed E-state index contributed by atoms with van der Waals surface area (Å²) in [6, 6.07) is 8.14. The van der Waals surface area contributed by atoms with Gasteiger partial charge in [-0.15, -0.1) is 0 Å². The van der Waals surface area contributed by atoms with Gasteiger partial charge in [0.05, 0.1) is 6.54 Å². The summed E-state index contributed by atoms with van der Waals surface area (Å²) in [5.41, 5.74) is 1.91. The fourth-order valence-electron chi connectivity index (χ4n) is 2.68. The Kier molecular flexibility index (Phi) is 2.74. The van der Waals surface area contributed by atoms with E-state index in [0.29, 0.717) is 6.54 Å². The van der Waals surface area contributed by atoms with Crippen LogP contribution in [0.15, 0.2) is 24.3 Å². The molecular formula is C14H18N2O2. The predicted molar refractivity (Wildman–Crippen MR) is 69.9 cm³/mol. The van der Waals surface area contributed by atoms with Crippen molar-refractivity contribution >= 4 is 11.8 Å². The maximum atomic E-state index is 12.0. The molecule has 1 aromatic rings. The number of nitrogens with one attached hydrogen (secondary N) is 1. The van der Waals surface area contributed by atoms with Crippen LogP contribution in [0, 0.1) is 0 Å². The molecule has 3 rings (SSSR count). The van der Waals surface area contributed by atoms with Crippen molar-refractivity contribution in [1.82, 2.24) is 5.32 Å². The van der Waals surface area contributed by atoms with Gasteiger partial charge in [-0.2, -0.15) is 0 Å². The highest BCUT2D eigenvalue weighted by molar-refractivity contribution is 5.90. The molecular weight excluding hydrogens is 228 g/mol. The van der Waals surface area contributed by atoms with E-state index in [1.54, 1.807) is 4.90 Å². The molecule has 0 radical (unpaired) electrons. The third kappa shape index (κ3) is 1.86. The normalized spacial score (nSPS) is 26.9. The first-order chi connectivity index (χ1) is 8.72. The number of carbonyl (C=O) groups is 1. The lowest BCUT2D eigenvalue weighted by atomic mass is 10.0. The van der Waals surface area contributed by atoms with E-state index >= 15 is 0 Å². The summed E-state index contributed by atoms with van der Waals surface area (Å²) >= 11 is 0. The zero-order chi connectivity index (χ0) is 12.6. The number of aryl methyl sites for hydroxylation is 1. The molecule has 4 heteroatoms. The van der Waals surface area contributed by atoms with Gasteiger partial charge in [0.1, 0.15) is 5.60 Å². The molecule has 2 heterocycles. The quantitative estimate of drug-likeness (QED) is 0.867. The van der Waals surface area contributed by atoms with Gasteiger partial charge in [0.2, 0.25) is 0 Å². The van der Waals surface area contributed by atoms with Gasteiger partial charge < -0.3 is 10.1 Å². The average Bonchev–Trinajstić information content (AvgIpc) is 2.97. The zero-order valence-corrected chi connectivity index (χ0v) is 10.6. The molecule has 0 saturated carbocycles. The molecule has 2 aliphatic rings. The highest BCUT2D eigenvalue weighted by Crippen LogP contribution is 2.32. The van der Waals surface area contributed by atoms with Crippen LogP contribution in [-0.4, -0.2) is 31.3 Å². The monoisotopic (exact) mass is 246 g/mol. The van der Waals surface area contributed by atoms with E-state index in [-0.39, 0.29) is 11.7 Å². The fourth-order valence-corrected chi connectivity index (χ4v) is 2.68. The molecule has 2 saturated heterocycles. The van der Waals surface area contributed by atoms with E-state index in [2.05, 4.69) is 24.4 Å². The van der Waals surface area contributed by atoms with E-state index < -0.39 is 0 Å². The number of carbonyl (C=O) groups excluding carboxylic acids is 1. The van der Waals surface area contributed by atoms with E-state index in [4.69, 9.17) is 4.74 Å². The van der Waals surface area contributed by atoms with Crippen molar-refractivity contribution in [1.29, 1.82) is 0 Å². The summed E-state index contributed by atoms with van der Waals surface area (Å²) in [5, 5.41) is 3.26. The number of anilines is 1. The van der Waals surface area contributed by atoms with Crippen molar-refractivity contribution in [2.24, 2.45) is 0 Å². The van der Waals surface area contributed by atoms with Gasteiger partial charge in [-0.1, -0.05) is 19.1 Å². The van der Waals surface area contributed by atoms with E-state index in [1.165, 1.54) is 5.56 Å². The van der Waals surface area contributed by atoms with E-state index in [9.17, 15) is 4.79 Å². The SMILES string of the molecule is CCc1ccc(N2CC3(CCNC3)OC2=O)cc1. The Morgan fingerprint density at radius 2 is 2.17 bits per heavy atom. The lowest BCUT2D eigenvalue weighted by Gasteiger charge is -2.19. The summed E-state index contributed by atoms with van der Waals surface area (Å²) in [6.45, 7) is 4.47. The van der Waals surface area contributed by atoms with Crippen LogP contribution < -0.4 is 10.2 Å². The van der Waals surface area contributed by atoms with Crippen molar-refractivity contribution < 1.29 is 9.53 Å². The molecule has 0 bridgehead atoms. The summed E-state index contributed by atoms with van der Waals surface area (Å²) in [4.78, 5) is 13.7. The maximum absolute atomic E-state index is 12.0. The molecule has 1 N–H and O–H groups in total. The molecule has 2 aliphatic heterocycles. The smallest absolute Gasteiger partial charge is 0.415 e. The minimum Gasteiger partial charge on any atom is -0.439 e. The Morgan fingerprint density at radius 1 is 1.39 bits per heavy atom. The minimum absolute atomic E-state index is 0.219. The predicted octanol–water partition coefficient (Wildman–Crippen LogP) is 1.94. The molecule has 1 amide bonds. The highest BCUT2D eigenvalue weighted by atomic mass is 16.6. The molecule has 18 heavy (non-hydrogen) atoms. The van der Waals surface area contributed by atoms with Gasteiger partial charge in [0.25, 0.3) is 0 Å². The van der Waals surface area contributed by atoms with Gasteiger partial charge in [-0.05, 0) is 30.7 Å². The molecule has 1 atom stereocenters. The molecule has 0 aliphatic carbocycles. The summed E-state index contributed by atoms with van der Waals surface area (Å²) in [6.07, 6.45) is 1.70. The Bertz CT molecular complexity index is 449. The number of ether oxygens (including phenoxy) is 1. The number of rotatable bonds is 2. The van der Waals surface area contributed by atoms with E-state index in [0.717, 1.165) is 31.6 Å². The van der Waals surface area contributed by atoms with Crippen LogP contribution in [0.3, 0.4) is 0 Å². The fraction of sp³-hybridized carbons (Fsp3) is 0.500.